The first-order valence-corrected chi connectivity index (χ1v) is 5.36. The summed E-state index contributed by atoms with van der Waals surface area (Å²) in [5.74, 6) is -2.51. The highest BCUT2D eigenvalue weighted by Gasteiger charge is 2.36. The molecular weight excluding hydrogens is 278 g/mol. The summed E-state index contributed by atoms with van der Waals surface area (Å²) in [6, 6.07) is 5.80. The van der Waals surface area contributed by atoms with Gasteiger partial charge in [0.1, 0.15) is 5.82 Å². The molecule has 0 radical (unpaired) electrons. The van der Waals surface area contributed by atoms with Crippen LogP contribution in [-0.4, -0.2) is 16.1 Å². The van der Waals surface area contributed by atoms with Gasteiger partial charge in [0.25, 0.3) is 0 Å². The molecule has 0 aliphatic rings. The van der Waals surface area contributed by atoms with E-state index in [9.17, 15) is 22.4 Å². The fourth-order valence-corrected chi connectivity index (χ4v) is 1.69. The van der Waals surface area contributed by atoms with Gasteiger partial charge < -0.3 is 5.11 Å². The molecular formula is C13H7F4NO2. The lowest BCUT2D eigenvalue weighted by atomic mass is 10.0. The molecule has 1 aromatic heterocycles. The van der Waals surface area contributed by atoms with E-state index in [4.69, 9.17) is 5.11 Å². The Morgan fingerprint density at radius 2 is 1.85 bits per heavy atom. The summed E-state index contributed by atoms with van der Waals surface area (Å²) >= 11 is 0. The zero-order valence-corrected chi connectivity index (χ0v) is 9.78. The number of aromatic nitrogens is 1. The van der Waals surface area contributed by atoms with E-state index in [1.165, 1.54) is 18.2 Å². The molecule has 0 aliphatic heterocycles. The number of rotatable bonds is 2. The van der Waals surface area contributed by atoms with Crippen molar-refractivity contribution in [3.05, 3.63) is 53.6 Å². The van der Waals surface area contributed by atoms with E-state index in [2.05, 4.69) is 4.98 Å². The second-order valence-electron chi connectivity index (χ2n) is 3.90. The molecule has 2 rings (SSSR count). The Bertz CT molecular complexity index is 668. The van der Waals surface area contributed by atoms with E-state index in [0.717, 1.165) is 12.3 Å². The summed E-state index contributed by atoms with van der Waals surface area (Å²) in [6.07, 6.45) is -3.99. The summed E-state index contributed by atoms with van der Waals surface area (Å²) in [5.41, 5.74) is -2.74. The van der Waals surface area contributed by atoms with Gasteiger partial charge in [0.05, 0.1) is 5.56 Å². The predicted octanol–water partition coefficient (Wildman–Crippen LogP) is 3.60. The van der Waals surface area contributed by atoms with Crippen LogP contribution < -0.4 is 0 Å². The third-order valence-corrected chi connectivity index (χ3v) is 2.58. The average Bonchev–Trinajstić information content (AvgIpc) is 2.37. The zero-order chi connectivity index (χ0) is 14.9. The van der Waals surface area contributed by atoms with Crippen molar-refractivity contribution in [1.82, 2.24) is 4.98 Å². The number of alkyl halides is 3. The van der Waals surface area contributed by atoms with Gasteiger partial charge in [-0.1, -0.05) is 18.2 Å². The molecule has 0 saturated heterocycles. The van der Waals surface area contributed by atoms with Crippen LogP contribution in [0.3, 0.4) is 0 Å². The Morgan fingerprint density at radius 3 is 2.40 bits per heavy atom. The van der Waals surface area contributed by atoms with Crippen molar-refractivity contribution in [3.8, 4) is 11.1 Å². The highest BCUT2D eigenvalue weighted by molar-refractivity contribution is 5.88. The number of carbonyl (C=O) groups is 1. The first-order chi connectivity index (χ1) is 9.30. The number of carboxylic acids is 1. The number of hydrogen-bond donors (Lipinski definition) is 1. The minimum atomic E-state index is -4.89. The van der Waals surface area contributed by atoms with Crippen molar-refractivity contribution in [2.24, 2.45) is 0 Å². The quantitative estimate of drug-likeness (QED) is 0.858. The van der Waals surface area contributed by atoms with Crippen molar-refractivity contribution in [2.75, 3.05) is 0 Å². The normalized spacial score (nSPS) is 11.4. The van der Waals surface area contributed by atoms with Gasteiger partial charge in [-0.2, -0.15) is 13.2 Å². The fraction of sp³-hybridized carbons (Fsp3) is 0.0769. The first-order valence-electron chi connectivity index (χ1n) is 5.36. The minimum Gasteiger partial charge on any atom is -0.476 e. The molecule has 3 nitrogen and oxygen atoms in total. The van der Waals surface area contributed by atoms with E-state index >= 15 is 0 Å². The minimum absolute atomic E-state index is 0.0811. The van der Waals surface area contributed by atoms with Crippen LogP contribution >= 0.6 is 0 Å². The molecule has 0 fully saturated rings. The fourth-order valence-electron chi connectivity index (χ4n) is 1.69. The van der Waals surface area contributed by atoms with Gasteiger partial charge in [-0.05, 0) is 12.1 Å². The van der Waals surface area contributed by atoms with E-state index in [1.807, 2.05) is 0 Å². The lowest BCUT2D eigenvalue weighted by Crippen LogP contribution is -2.15. The Balaban J connectivity index is 2.65. The topological polar surface area (TPSA) is 50.2 Å². The number of benzene rings is 1. The largest absolute Gasteiger partial charge is 0.476 e. The molecule has 0 bridgehead atoms. The summed E-state index contributed by atoms with van der Waals surface area (Å²) < 4.78 is 52.0. The van der Waals surface area contributed by atoms with Crippen LogP contribution in [0.2, 0.25) is 0 Å². The molecule has 0 aliphatic carbocycles. The van der Waals surface area contributed by atoms with Crippen molar-refractivity contribution >= 4 is 5.97 Å². The maximum Gasteiger partial charge on any atom is 0.418 e. The Morgan fingerprint density at radius 1 is 1.20 bits per heavy atom. The molecule has 1 heterocycles. The summed E-state index contributed by atoms with van der Waals surface area (Å²) in [6.45, 7) is 0. The third kappa shape index (κ3) is 2.61. The highest BCUT2D eigenvalue weighted by Crippen LogP contribution is 2.34. The number of pyridine rings is 1. The van der Waals surface area contributed by atoms with Crippen LogP contribution in [0.25, 0.3) is 11.1 Å². The number of halogens is 4. The van der Waals surface area contributed by atoms with Crippen molar-refractivity contribution in [1.29, 1.82) is 0 Å². The summed E-state index contributed by atoms with van der Waals surface area (Å²) in [7, 11) is 0. The lowest BCUT2D eigenvalue weighted by Gasteiger charge is -2.11. The Labute approximate surface area is 110 Å². The van der Waals surface area contributed by atoms with Gasteiger partial charge in [0, 0.05) is 17.3 Å². The number of nitrogens with zero attached hydrogens (tertiary/aromatic N) is 1. The van der Waals surface area contributed by atoms with Gasteiger partial charge in [0.2, 0.25) is 0 Å². The average molecular weight is 285 g/mol. The molecule has 7 heteroatoms. The molecule has 0 spiro atoms. The zero-order valence-electron chi connectivity index (χ0n) is 9.78. The standard InChI is InChI=1S/C13H7F4NO2/c14-10-4-2-1-3-8(10)7-5-9(13(15,16)17)11(12(19)20)18-6-7/h1-6H,(H,19,20). The van der Waals surface area contributed by atoms with Crippen LogP contribution in [0, 0.1) is 5.82 Å². The molecule has 0 saturated carbocycles. The van der Waals surface area contributed by atoms with Crippen LogP contribution in [0.5, 0.6) is 0 Å². The number of aromatic carboxylic acids is 1. The van der Waals surface area contributed by atoms with Gasteiger partial charge >= 0.3 is 12.1 Å². The molecule has 1 aromatic carbocycles. The number of hydrogen-bond acceptors (Lipinski definition) is 2. The van der Waals surface area contributed by atoms with Gasteiger partial charge in [-0.3, -0.25) is 0 Å². The summed E-state index contributed by atoms with van der Waals surface area (Å²) in [4.78, 5) is 14.0. The molecule has 1 N–H and O–H groups in total. The summed E-state index contributed by atoms with van der Waals surface area (Å²) in [5, 5.41) is 8.71. The molecule has 20 heavy (non-hydrogen) atoms. The van der Waals surface area contributed by atoms with Gasteiger partial charge in [-0.15, -0.1) is 0 Å². The maximum absolute atomic E-state index is 13.5. The van der Waals surface area contributed by atoms with Crippen molar-refractivity contribution < 1.29 is 27.5 Å². The third-order valence-electron chi connectivity index (χ3n) is 2.58. The Hall–Kier alpha value is -2.44. The van der Waals surface area contributed by atoms with Crippen LogP contribution in [0.1, 0.15) is 16.1 Å². The van der Waals surface area contributed by atoms with Crippen molar-refractivity contribution in [3.63, 3.8) is 0 Å². The molecule has 0 unspecified atom stereocenters. The van der Waals surface area contributed by atoms with Crippen LogP contribution in [-0.2, 0) is 6.18 Å². The second-order valence-corrected chi connectivity index (χ2v) is 3.90. The monoisotopic (exact) mass is 285 g/mol. The molecule has 0 amide bonds. The molecule has 0 atom stereocenters. The maximum atomic E-state index is 13.5. The van der Waals surface area contributed by atoms with Crippen molar-refractivity contribution in [2.45, 2.75) is 6.18 Å². The Kier molecular flexibility index (Phi) is 3.44. The number of carboxylic acid groups (broad SMARTS) is 1. The van der Waals surface area contributed by atoms with E-state index < -0.39 is 29.2 Å². The SMILES string of the molecule is O=C(O)c1ncc(-c2ccccc2F)cc1C(F)(F)F. The smallest absolute Gasteiger partial charge is 0.418 e. The van der Waals surface area contributed by atoms with Gasteiger partial charge in [0.15, 0.2) is 5.69 Å². The molecule has 2 aromatic rings. The second kappa shape index (κ2) is 4.92. The first kappa shape index (κ1) is 14.0. The van der Waals surface area contributed by atoms with E-state index in [0.29, 0.717) is 6.07 Å². The highest BCUT2D eigenvalue weighted by atomic mass is 19.4. The van der Waals surface area contributed by atoms with Crippen LogP contribution in [0.15, 0.2) is 36.5 Å². The van der Waals surface area contributed by atoms with E-state index in [-0.39, 0.29) is 11.1 Å². The van der Waals surface area contributed by atoms with Crippen LogP contribution in [0.4, 0.5) is 17.6 Å². The van der Waals surface area contributed by atoms with E-state index in [1.54, 1.807) is 0 Å². The molecule has 104 valence electrons. The predicted molar refractivity (Wildman–Crippen MR) is 61.6 cm³/mol. The van der Waals surface area contributed by atoms with Gasteiger partial charge in [-0.25, -0.2) is 14.2 Å². The lowest BCUT2D eigenvalue weighted by molar-refractivity contribution is -0.138.